The minimum atomic E-state index is 0.128. The molecular formula is C22H24N2O. The van der Waals surface area contributed by atoms with Gasteiger partial charge in [-0.3, -0.25) is 4.79 Å². The molecule has 1 aliphatic heterocycles. The smallest absolute Gasteiger partial charge is 0.270 e. The molecule has 1 unspecified atom stereocenters. The molecule has 1 saturated heterocycles. The first-order valence-corrected chi connectivity index (χ1v) is 9.06. The standard InChI is InChI=1S/C22H24N2O/c1-15-5-8-17(9-6-15)13-19-4-3-11-24(19)22(25)21-14-18-10-7-16(2)12-20(18)23-21/h5-10,12,14,19,23H,3-4,11,13H2,1-2H3. The van der Waals surface area contributed by atoms with E-state index >= 15 is 0 Å². The molecule has 0 bridgehead atoms. The number of amides is 1. The molecule has 1 fully saturated rings. The summed E-state index contributed by atoms with van der Waals surface area (Å²) < 4.78 is 0. The highest BCUT2D eigenvalue weighted by Gasteiger charge is 2.30. The predicted octanol–water partition coefficient (Wildman–Crippen LogP) is 4.63. The van der Waals surface area contributed by atoms with Crippen molar-refractivity contribution in [3.8, 4) is 0 Å². The van der Waals surface area contributed by atoms with E-state index in [0.717, 1.165) is 36.7 Å². The molecule has 3 heteroatoms. The van der Waals surface area contributed by atoms with E-state index in [1.165, 1.54) is 16.7 Å². The van der Waals surface area contributed by atoms with E-state index in [1.807, 2.05) is 6.07 Å². The summed E-state index contributed by atoms with van der Waals surface area (Å²) in [6, 6.07) is 17.2. The van der Waals surface area contributed by atoms with Crippen LogP contribution in [0.3, 0.4) is 0 Å². The summed E-state index contributed by atoms with van der Waals surface area (Å²) in [6.45, 7) is 5.02. The highest BCUT2D eigenvalue weighted by molar-refractivity contribution is 5.98. The average Bonchev–Trinajstić information content (AvgIpc) is 3.22. The fourth-order valence-electron chi connectivity index (χ4n) is 3.82. The van der Waals surface area contributed by atoms with Crippen molar-refractivity contribution in [2.24, 2.45) is 0 Å². The van der Waals surface area contributed by atoms with Crippen LogP contribution >= 0.6 is 0 Å². The molecule has 2 heterocycles. The number of likely N-dealkylation sites (tertiary alicyclic amines) is 1. The average molecular weight is 332 g/mol. The van der Waals surface area contributed by atoms with Gasteiger partial charge in [-0.2, -0.15) is 0 Å². The lowest BCUT2D eigenvalue weighted by Gasteiger charge is -2.24. The SMILES string of the molecule is Cc1ccc(CC2CCCN2C(=O)c2cc3ccc(C)cc3[nH]2)cc1. The molecule has 1 aliphatic rings. The third kappa shape index (κ3) is 3.19. The second-order valence-corrected chi connectivity index (χ2v) is 7.26. The second kappa shape index (κ2) is 6.40. The topological polar surface area (TPSA) is 36.1 Å². The van der Waals surface area contributed by atoms with Crippen LogP contribution in [0.2, 0.25) is 0 Å². The minimum Gasteiger partial charge on any atom is -0.351 e. The normalized spacial score (nSPS) is 17.4. The van der Waals surface area contributed by atoms with Crippen molar-refractivity contribution < 1.29 is 4.79 Å². The summed E-state index contributed by atoms with van der Waals surface area (Å²) in [5, 5.41) is 1.10. The van der Waals surface area contributed by atoms with Crippen molar-refractivity contribution in [1.29, 1.82) is 0 Å². The fourth-order valence-corrected chi connectivity index (χ4v) is 3.82. The fraction of sp³-hybridized carbons (Fsp3) is 0.318. The first-order valence-electron chi connectivity index (χ1n) is 9.06. The third-order valence-electron chi connectivity index (χ3n) is 5.24. The Morgan fingerprint density at radius 1 is 1.08 bits per heavy atom. The van der Waals surface area contributed by atoms with E-state index in [0.29, 0.717) is 11.7 Å². The van der Waals surface area contributed by atoms with E-state index in [9.17, 15) is 4.79 Å². The number of aryl methyl sites for hydroxylation is 2. The molecule has 0 saturated carbocycles. The van der Waals surface area contributed by atoms with Gasteiger partial charge in [0.25, 0.3) is 5.91 Å². The number of hydrogen-bond acceptors (Lipinski definition) is 1. The number of rotatable bonds is 3. The quantitative estimate of drug-likeness (QED) is 0.746. The van der Waals surface area contributed by atoms with Crippen LogP contribution in [0.25, 0.3) is 10.9 Å². The summed E-state index contributed by atoms with van der Waals surface area (Å²) in [4.78, 5) is 18.4. The largest absolute Gasteiger partial charge is 0.351 e. The number of nitrogens with zero attached hydrogens (tertiary/aromatic N) is 1. The molecule has 1 amide bonds. The lowest BCUT2D eigenvalue weighted by atomic mass is 10.0. The van der Waals surface area contributed by atoms with Gasteiger partial charge in [-0.25, -0.2) is 0 Å². The van der Waals surface area contributed by atoms with Gasteiger partial charge in [0.2, 0.25) is 0 Å². The molecular weight excluding hydrogens is 308 g/mol. The Balaban J connectivity index is 1.55. The van der Waals surface area contributed by atoms with Crippen LogP contribution in [0.5, 0.6) is 0 Å². The molecule has 128 valence electrons. The summed E-state index contributed by atoms with van der Waals surface area (Å²) in [5.41, 5.74) is 5.53. The molecule has 4 rings (SSSR count). The van der Waals surface area contributed by atoms with Gasteiger partial charge in [-0.1, -0.05) is 42.0 Å². The molecule has 3 nitrogen and oxygen atoms in total. The molecule has 3 aromatic rings. The Hall–Kier alpha value is -2.55. The van der Waals surface area contributed by atoms with E-state index in [1.54, 1.807) is 0 Å². The molecule has 1 aromatic heterocycles. The molecule has 0 spiro atoms. The first-order chi connectivity index (χ1) is 12.1. The highest BCUT2D eigenvalue weighted by Crippen LogP contribution is 2.25. The molecule has 2 aromatic carbocycles. The maximum absolute atomic E-state index is 13.1. The summed E-state index contributed by atoms with van der Waals surface area (Å²) in [7, 11) is 0. The molecule has 0 radical (unpaired) electrons. The van der Waals surface area contributed by atoms with Crippen molar-refractivity contribution in [2.45, 2.75) is 39.2 Å². The number of fused-ring (bicyclic) bond motifs is 1. The number of aromatic amines is 1. The van der Waals surface area contributed by atoms with Gasteiger partial charge in [-0.15, -0.1) is 0 Å². The van der Waals surface area contributed by atoms with Gasteiger partial charge in [0, 0.05) is 23.5 Å². The molecule has 1 N–H and O–H groups in total. The number of nitrogens with one attached hydrogen (secondary N) is 1. The van der Waals surface area contributed by atoms with Crippen molar-refractivity contribution in [3.63, 3.8) is 0 Å². The second-order valence-electron chi connectivity index (χ2n) is 7.26. The third-order valence-corrected chi connectivity index (χ3v) is 5.24. The summed E-state index contributed by atoms with van der Waals surface area (Å²) in [5.74, 6) is 0.128. The number of H-pyrrole nitrogens is 1. The van der Waals surface area contributed by atoms with E-state index in [4.69, 9.17) is 0 Å². The number of aromatic nitrogens is 1. The van der Waals surface area contributed by atoms with Crippen LogP contribution in [0.4, 0.5) is 0 Å². The van der Waals surface area contributed by atoms with Crippen molar-refractivity contribution >= 4 is 16.8 Å². The molecule has 1 atom stereocenters. The highest BCUT2D eigenvalue weighted by atomic mass is 16.2. The Bertz CT molecular complexity index is 907. The zero-order valence-corrected chi connectivity index (χ0v) is 14.9. The van der Waals surface area contributed by atoms with Crippen molar-refractivity contribution in [3.05, 3.63) is 70.9 Å². The van der Waals surface area contributed by atoms with Gasteiger partial charge < -0.3 is 9.88 Å². The van der Waals surface area contributed by atoms with Gasteiger partial charge in [0.15, 0.2) is 0 Å². The van der Waals surface area contributed by atoms with Gasteiger partial charge in [-0.05, 0) is 56.4 Å². The van der Waals surface area contributed by atoms with Crippen LogP contribution in [0.15, 0.2) is 48.5 Å². The Morgan fingerprint density at radius 3 is 2.64 bits per heavy atom. The Labute approximate surface area is 148 Å². The maximum Gasteiger partial charge on any atom is 0.270 e. The Morgan fingerprint density at radius 2 is 1.84 bits per heavy atom. The summed E-state index contributed by atoms with van der Waals surface area (Å²) in [6.07, 6.45) is 3.10. The lowest BCUT2D eigenvalue weighted by Crippen LogP contribution is -2.37. The molecule has 25 heavy (non-hydrogen) atoms. The number of carbonyl (C=O) groups is 1. The van der Waals surface area contributed by atoms with Gasteiger partial charge >= 0.3 is 0 Å². The number of carbonyl (C=O) groups excluding carboxylic acids is 1. The van der Waals surface area contributed by atoms with Crippen LogP contribution in [-0.2, 0) is 6.42 Å². The van der Waals surface area contributed by atoms with Gasteiger partial charge in [0.1, 0.15) is 5.69 Å². The van der Waals surface area contributed by atoms with Crippen LogP contribution in [0, 0.1) is 13.8 Å². The van der Waals surface area contributed by atoms with E-state index in [-0.39, 0.29) is 5.91 Å². The van der Waals surface area contributed by atoms with Crippen molar-refractivity contribution in [2.75, 3.05) is 6.54 Å². The number of hydrogen-bond donors (Lipinski definition) is 1. The monoisotopic (exact) mass is 332 g/mol. The first kappa shape index (κ1) is 15.9. The maximum atomic E-state index is 13.1. The van der Waals surface area contributed by atoms with E-state index in [2.05, 4.69) is 66.2 Å². The minimum absolute atomic E-state index is 0.128. The van der Waals surface area contributed by atoms with Crippen LogP contribution in [0.1, 0.15) is 40.0 Å². The van der Waals surface area contributed by atoms with Gasteiger partial charge in [0.05, 0.1) is 0 Å². The molecule has 0 aliphatic carbocycles. The Kier molecular flexibility index (Phi) is 4.08. The van der Waals surface area contributed by atoms with Crippen molar-refractivity contribution in [1.82, 2.24) is 9.88 Å². The lowest BCUT2D eigenvalue weighted by molar-refractivity contribution is 0.0731. The van der Waals surface area contributed by atoms with Crippen LogP contribution < -0.4 is 0 Å². The number of benzene rings is 2. The predicted molar refractivity (Wildman–Crippen MR) is 102 cm³/mol. The zero-order valence-electron chi connectivity index (χ0n) is 14.9. The van der Waals surface area contributed by atoms with E-state index < -0.39 is 0 Å². The summed E-state index contributed by atoms with van der Waals surface area (Å²) >= 11 is 0. The van der Waals surface area contributed by atoms with Crippen LogP contribution in [-0.4, -0.2) is 28.4 Å². The zero-order chi connectivity index (χ0) is 17.4.